The molecule has 148 valence electrons. The standard InChI is InChI=1S/C22H28N4O2/c1-16-8-7-11-26-12-17(24-20(16)26)13-28-19-10-6-5-9-18(19)21(27)25(4)15-22(2,3)14-23/h5-12H,13-15,23H2,1-4H3. The van der Waals surface area contributed by atoms with Crippen LogP contribution in [0.1, 0.15) is 35.5 Å². The number of ether oxygens (including phenoxy) is 1. The maximum atomic E-state index is 12.9. The Morgan fingerprint density at radius 2 is 2.00 bits per heavy atom. The van der Waals surface area contributed by atoms with Crippen molar-refractivity contribution < 1.29 is 9.53 Å². The number of para-hydroxylation sites is 1. The molecular weight excluding hydrogens is 352 g/mol. The first kappa shape index (κ1) is 19.9. The molecule has 0 spiro atoms. The fourth-order valence-electron chi connectivity index (χ4n) is 3.18. The minimum Gasteiger partial charge on any atom is -0.486 e. The molecule has 3 aromatic rings. The Labute approximate surface area is 165 Å². The number of carbonyl (C=O) groups is 1. The Morgan fingerprint density at radius 1 is 1.25 bits per heavy atom. The summed E-state index contributed by atoms with van der Waals surface area (Å²) in [5.74, 6) is 0.474. The summed E-state index contributed by atoms with van der Waals surface area (Å²) < 4.78 is 7.95. The summed E-state index contributed by atoms with van der Waals surface area (Å²) in [5, 5.41) is 0. The summed E-state index contributed by atoms with van der Waals surface area (Å²) in [5.41, 5.74) is 9.03. The van der Waals surface area contributed by atoms with Crippen LogP contribution in [0.5, 0.6) is 5.75 Å². The zero-order chi connectivity index (χ0) is 20.3. The molecule has 0 saturated carbocycles. The number of hydrogen-bond acceptors (Lipinski definition) is 4. The number of fused-ring (bicyclic) bond motifs is 1. The minimum absolute atomic E-state index is 0.0806. The Kier molecular flexibility index (Phi) is 5.70. The number of nitrogens with zero attached hydrogens (tertiary/aromatic N) is 3. The molecule has 0 aliphatic rings. The number of amides is 1. The first-order valence-electron chi connectivity index (χ1n) is 9.41. The molecule has 2 heterocycles. The van der Waals surface area contributed by atoms with Gasteiger partial charge in [0.1, 0.15) is 18.0 Å². The number of nitrogens with two attached hydrogens (primary N) is 1. The van der Waals surface area contributed by atoms with E-state index in [4.69, 9.17) is 10.5 Å². The molecule has 0 radical (unpaired) electrons. The zero-order valence-electron chi connectivity index (χ0n) is 17.0. The van der Waals surface area contributed by atoms with Gasteiger partial charge >= 0.3 is 0 Å². The SMILES string of the molecule is Cc1cccn2cc(COc3ccccc3C(=O)N(C)CC(C)(C)CN)nc12. The lowest BCUT2D eigenvalue weighted by atomic mass is 9.93. The summed E-state index contributed by atoms with van der Waals surface area (Å²) in [6.07, 6.45) is 3.91. The molecule has 1 aromatic carbocycles. The number of hydrogen-bond donors (Lipinski definition) is 1. The lowest BCUT2D eigenvalue weighted by Gasteiger charge is -2.29. The van der Waals surface area contributed by atoms with Crippen molar-refractivity contribution in [2.75, 3.05) is 20.1 Å². The van der Waals surface area contributed by atoms with Gasteiger partial charge in [-0.25, -0.2) is 4.98 Å². The molecule has 0 unspecified atom stereocenters. The van der Waals surface area contributed by atoms with Gasteiger partial charge in [0.25, 0.3) is 5.91 Å². The molecule has 1 amide bonds. The Bertz CT molecular complexity index is 978. The highest BCUT2D eigenvalue weighted by Gasteiger charge is 2.23. The van der Waals surface area contributed by atoms with Gasteiger partial charge in [-0.2, -0.15) is 0 Å². The summed E-state index contributed by atoms with van der Waals surface area (Å²) in [6, 6.07) is 11.3. The van der Waals surface area contributed by atoms with Gasteiger partial charge in [0, 0.05) is 26.0 Å². The fourth-order valence-corrected chi connectivity index (χ4v) is 3.18. The van der Waals surface area contributed by atoms with E-state index in [1.165, 1.54) is 0 Å². The second-order valence-electron chi connectivity index (χ2n) is 7.97. The first-order valence-corrected chi connectivity index (χ1v) is 9.41. The van der Waals surface area contributed by atoms with Crippen molar-refractivity contribution in [3.8, 4) is 5.75 Å². The van der Waals surface area contributed by atoms with Crippen LogP contribution in [0.2, 0.25) is 0 Å². The van der Waals surface area contributed by atoms with E-state index in [2.05, 4.69) is 4.98 Å². The van der Waals surface area contributed by atoms with E-state index in [9.17, 15) is 4.79 Å². The molecule has 6 heteroatoms. The zero-order valence-corrected chi connectivity index (χ0v) is 17.0. The maximum Gasteiger partial charge on any atom is 0.257 e. The molecule has 2 aromatic heterocycles. The molecule has 2 N–H and O–H groups in total. The van der Waals surface area contributed by atoms with Crippen molar-refractivity contribution in [2.24, 2.45) is 11.1 Å². The van der Waals surface area contributed by atoms with Crippen molar-refractivity contribution in [3.63, 3.8) is 0 Å². The van der Waals surface area contributed by atoms with E-state index in [0.717, 1.165) is 16.9 Å². The van der Waals surface area contributed by atoms with Crippen LogP contribution in [-0.4, -0.2) is 40.3 Å². The Morgan fingerprint density at radius 3 is 2.71 bits per heavy atom. The highest BCUT2D eigenvalue weighted by Crippen LogP contribution is 2.23. The second kappa shape index (κ2) is 8.02. The van der Waals surface area contributed by atoms with Crippen molar-refractivity contribution in [2.45, 2.75) is 27.4 Å². The summed E-state index contributed by atoms with van der Waals surface area (Å²) in [4.78, 5) is 19.3. The van der Waals surface area contributed by atoms with Crippen molar-refractivity contribution in [1.82, 2.24) is 14.3 Å². The summed E-state index contributed by atoms with van der Waals surface area (Å²) in [7, 11) is 1.79. The van der Waals surface area contributed by atoms with Crippen LogP contribution >= 0.6 is 0 Å². The van der Waals surface area contributed by atoms with E-state index >= 15 is 0 Å². The van der Waals surface area contributed by atoms with E-state index in [-0.39, 0.29) is 11.3 Å². The first-order chi connectivity index (χ1) is 13.3. The van der Waals surface area contributed by atoms with Crippen molar-refractivity contribution >= 4 is 11.6 Å². The van der Waals surface area contributed by atoms with Crippen LogP contribution in [0, 0.1) is 12.3 Å². The summed E-state index contributed by atoms with van der Waals surface area (Å²) >= 11 is 0. The highest BCUT2D eigenvalue weighted by atomic mass is 16.5. The average Bonchev–Trinajstić information content (AvgIpc) is 3.10. The average molecular weight is 380 g/mol. The van der Waals surface area contributed by atoms with E-state index in [0.29, 0.717) is 31.0 Å². The third-order valence-electron chi connectivity index (χ3n) is 4.79. The maximum absolute atomic E-state index is 12.9. The number of benzene rings is 1. The van der Waals surface area contributed by atoms with Crippen molar-refractivity contribution in [3.05, 3.63) is 65.6 Å². The Balaban J connectivity index is 1.76. The van der Waals surface area contributed by atoms with Crippen molar-refractivity contribution in [1.29, 1.82) is 0 Å². The van der Waals surface area contributed by atoms with Crippen LogP contribution in [0.3, 0.4) is 0 Å². The number of imidazole rings is 1. The number of rotatable bonds is 7. The van der Waals surface area contributed by atoms with Gasteiger partial charge in [-0.3, -0.25) is 4.79 Å². The van der Waals surface area contributed by atoms with Gasteiger partial charge in [-0.15, -0.1) is 0 Å². The molecule has 0 aliphatic heterocycles. The topological polar surface area (TPSA) is 72.9 Å². The highest BCUT2D eigenvalue weighted by molar-refractivity contribution is 5.96. The molecule has 28 heavy (non-hydrogen) atoms. The number of pyridine rings is 1. The quantitative estimate of drug-likeness (QED) is 0.683. The molecule has 0 fully saturated rings. The predicted octanol–water partition coefficient (Wildman–Crippen LogP) is 3.28. The van der Waals surface area contributed by atoms with Gasteiger partial charge < -0.3 is 19.8 Å². The monoisotopic (exact) mass is 380 g/mol. The number of aryl methyl sites for hydroxylation is 1. The van der Waals surface area contributed by atoms with Gasteiger partial charge in [-0.1, -0.05) is 32.0 Å². The van der Waals surface area contributed by atoms with Gasteiger partial charge in [0.15, 0.2) is 0 Å². The van der Waals surface area contributed by atoms with Crippen LogP contribution in [0.4, 0.5) is 0 Å². The molecule has 6 nitrogen and oxygen atoms in total. The molecular formula is C22H28N4O2. The van der Waals surface area contributed by atoms with Gasteiger partial charge in [0.2, 0.25) is 0 Å². The van der Waals surface area contributed by atoms with Crippen LogP contribution in [-0.2, 0) is 6.61 Å². The Hall–Kier alpha value is -2.86. The molecule has 0 aliphatic carbocycles. The van der Waals surface area contributed by atoms with Gasteiger partial charge in [-0.05, 0) is 42.6 Å². The third-order valence-corrected chi connectivity index (χ3v) is 4.79. The molecule has 0 atom stereocenters. The minimum atomic E-state index is -0.144. The van der Waals surface area contributed by atoms with Crippen LogP contribution < -0.4 is 10.5 Å². The van der Waals surface area contributed by atoms with E-state index in [1.54, 1.807) is 18.0 Å². The summed E-state index contributed by atoms with van der Waals surface area (Å²) in [6.45, 7) is 7.50. The number of aromatic nitrogens is 2. The van der Waals surface area contributed by atoms with E-state index in [1.807, 2.05) is 67.9 Å². The van der Waals surface area contributed by atoms with Crippen LogP contribution in [0.15, 0.2) is 48.8 Å². The predicted molar refractivity (Wildman–Crippen MR) is 110 cm³/mol. The smallest absolute Gasteiger partial charge is 0.257 e. The van der Waals surface area contributed by atoms with Crippen LogP contribution in [0.25, 0.3) is 5.65 Å². The number of carbonyl (C=O) groups excluding carboxylic acids is 1. The molecule has 0 saturated heterocycles. The lowest BCUT2D eigenvalue weighted by Crippen LogP contribution is -2.39. The lowest BCUT2D eigenvalue weighted by molar-refractivity contribution is 0.0735. The van der Waals surface area contributed by atoms with Gasteiger partial charge in [0.05, 0.1) is 11.3 Å². The molecule has 3 rings (SSSR count). The molecule has 0 bridgehead atoms. The van der Waals surface area contributed by atoms with E-state index < -0.39 is 0 Å². The second-order valence-corrected chi connectivity index (χ2v) is 7.97. The third kappa shape index (κ3) is 4.34. The fraction of sp³-hybridized carbons (Fsp3) is 0.364. The largest absolute Gasteiger partial charge is 0.486 e. The normalized spacial score (nSPS) is 11.6.